The molecule has 0 bridgehead atoms. The maximum atomic E-state index is 13.2. The highest BCUT2D eigenvalue weighted by Gasteiger charge is 2.14. The molecule has 148 valence electrons. The summed E-state index contributed by atoms with van der Waals surface area (Å²) in [5.74, 6) is 0.393. The largest absolute Gasteiger partial charge is 0.388 e. The molecule has 0 aliphatic carbocycles. The summed E-state index contributed by atoms with van der Waals surface area (Å²) in [6.07, 6.45) is 6.84. The number of pyridine rings is 1. The molecule has 0 unspecified atom stereocenters. The van der Waals surface area contributed by atoms with Gasteiger partial charge in [-0.25, -0.2) is 19.6 Å². The minimum atomic E-state index is -0.672. The zero-order valence-corrected chi connectivity index (χ0v) is 16.1. The van der Waals surface area contributed by atoms with Crippen LogP contribution in [-0.4, -0.2) is 39.4 Å². The normalized spacial score (nSPS) is 11.5. The minimum absolute atomic E-state index is 0.129. The summed E-state index contributed by atoms with van der Waals surface area (Å²) in [6, 6.07) is 3.94. The smallest absolute Gasteiger partial charge is 0.206 e. The van der Waals surface area contributed by atoms with Crippen LogP contribution in [-0.2, 0) is 13.0 Å². The van der Waals surface area contributed by atoms with Gasteiger partial charge in [-0.15, -0.1) is 0 Å². The van der Waals surface area contributed by atoms with Gasteiger partial charge in [0.25, 0.3) is 0 Å². The number of halogens is 1. The van der Waals surface area contributed by atoms with Crippen LogP contribution in [0.1, 0.15) is 37.1 Å². The second-order valence-electron chi connectivity index (χ2n) is 6.91. The second kappa shape index (κ2) is 7.51. The molecule has 0 saturated carbocycles. The van der Waals surface area contributed by atoms with E-state index in [1.807, 2.05) is 30.5 Å². The van der Waals surface area contributed by atoms with E-state index in [9.17, 15) is 9.50 Å². The lowest BCUT2D eigenvalue weighted by Gasteiger charge is -2.12. The van der Waals surface area contributed by atoms with Gasteiger partial charge in [-0.3, -0.25) is 4.98 Å². The van der Waals surface area contributed by atoms with Crippen molar-refractivity contribution < 1.29 is 9.50 Å². The highest BCUT2D eigenvalue weighted by molar-refractivity contribution is 5.75. The summed E-state index contributed by atoms with van der Waals surface area (Å²) >= 11 is 0. The summed E-state index contributed by atoms with van der Waals surface area (Å²) in [5.41, 5.74) is 3.85. The lowest BCUT2D eigenvalue weighted by Crippen LogP contribution is -2.06. The number of nitrogens with zero attached hydrogens (tertiary/aromatic N) is 7. The molecule has 0 aliphatic heterocycles. The molecule has 9 heteroatoms. The number of rotatable bonds is 6. The molecule has 4 rings (SSSR count). The number of hydrogen-bond acceptors (Lipinski definition) is 6. The van der Waals surface area contributed by atoms with Crippen molar-refractivity contribution in [2.75, 3.05) is 0 Å². The highest BCUT2D eigenvalue weighted by Crippen LogP contribution is 2.22. The van der Waals surface area contributed by atoms with Gasteiger partial charge in [-0.05, 0) is 32.6 Å². The van der Waals surface area contributed by atoms with Gasteiger partial charge in [0.1, 0.15) is 17.9 Å². The second-order valence-corrected chi connectivity index (χ2v) is 6.91. The molecule has 0 amide bonds. The van der Waals surface area contributed by atoms with Crippen LogP contribution in [0.4, 0.5) is 4.39 Å². The molecular formula is C20H20FN7O. The van der Waals surface area contributed by atoms with E-state index >= 15 is 0 Å². The molecule has 4 aromatic rings. The van der Waals surface area contributed by atoms with Crippen molar-refractivity contribution in [1.82, 2.24) is 34.3 Å². The number of fused-ring (bicyclic) bond motifs is 1. The van der Waals surface area contributed by atoms with Crippen LogP contribution in [0.2, 0.25) is 0 Å². The Bertz CT molecular complexity index is 1190. The molecule has 0 aliphatic rings. The Balaban J connectivity index is 1.66. The van der Waals surface area contributed by atoms with Gasteiger partial charge in [-0.1, -0.05) is 0 Å². The van der Waals surface area contributed by atoms with Gasteiger partial charge in [0, 0.05) is 30.6 Å². The van der Waals surface area contributed by atoms with Crippen LogP contribution < -0.4 is 0 Å². The van der Waals surface area contributed by atoms with Crippen molar-refractivity contribution in [2.24, 2.45) is 0 Å². The van der Waals surface area contributed by atoms with Crippen molar-refractivity contribution in [2.45, 2.75) is 32.9 Å². The zero-order chi connectivity index (χ0) is 20.5. The van der Waals surface area contributed by atoms with E-state index in [4.69, 9.17) is 0 Å². The fraction of sp³-hybridized carbons (Fsp3) is 0.250. The molecule has 0 atom stereocenters. The number of aromatic nitrogens is 7. The molecule has 0 radical (unpaired) electrons. The van der Waals surface area contributed by atoms with E-state index < -0.39 is 5.95 Å². The van der Waals surface area contributed by atoms with Crippen LogP contribution in [0.5, 0.6) is 0 Å². The van der Waals surface area contributed by atoms with E-state index in [-0.39, 0.29) is 12.6 Å². The average molecular weight is 393 g/mol. The quantitative estimate of drug-likeness (QED) is 0.541. The van der Waals surface area contributed by atoms with Gasteiger partial charge in [-0.2, -0.15) is 9.49 Å². The van der Waals surface area contributed by atoms with Crippen molar-refractivity contribution in [1.29, 1.82) is 0 Å². The fourth-order valence-corrected chi connectivity index (χ4v) is 3.26. The van der Waals surface area contributed by atoms with E-state index in [0.717, 1.165) is 27.1 Å². The van der Waals surface area contributed by atoms with Crippen LogP contribution in [0.3, 0.4) is 0 Å². The molecule has 0 aromatic carbocycles. The summed E-state index contributed by atoms with van der Waals surface area (Å²) in [4.78, 5) is 17.7. The molecule has 8 nitrogen and oxygen atoms in total. The highest BCUT2D eigenvalue weighted by atomic mass is 19.1. The Labute approximate surface area is 166 Å². The zero-order valence-electron chi connectivity index (χ0n) is 16.1. The molecule has 4 aromatic heterocycles. The van der Waals surface area contributed by atoms with E-state index in [2.05, 4.69) is 31.6 Å². The number of aliphatic hydroxyl groups is 1. The first-order chi connectivity index (χ1) is 14.0. The summed E-state index contributed by atoms with van der Waals surface area (Å²) in [5, 5.41) is 13.5. The van der Waals surface area contributed by atoms with Crippen molar-refractivity contribution in [3.05, 3.63) is 60.7 Å². The minimum Gasteiger partial charge on any atom is -0.388 e. The van der Waals surface area contributed by atoms with Crippen LogP contribution in [0.15, 0.2) is 43.5 Å². The standard InChI is InChI=1S/C20H20FN7O/c1-12(2)28-18-7-16(23-9-17(18)26-19(28)11-29)6-15-4-5-22-20(25-15)14-8-24-27(10-14)13(3)21/h4-5,7-10,12,29H,3,6,11H2,1-2H3. The average Bonchev–Trinajstić information content (AvgIpc) is 3.33. The van der Waals surface area contributed by atoms with Gasteiger partial charge in [0.15, 0.2) is 5.82 Å². The molecule has 1 N–H and O–H groups in total. The Hall–Kier alpha value is -3.46. The predicted octanol–water partition coefficient (Wildman–Crippen LogP) is 3.15. The lowest BCUT2D eigenvalue weighted by atomic mass is 10.2. The van der Waals surface area contributed by atoms with Crippen LogP contribution >= 0.6 is 0 Å². The predicted molar refractivity (Wildman–Crippen MR) is 106 cm³/mol. The summed E-state index contributed by atoms with van der Waals surface area (Å²) in [7, 11) is 0. The van der Waals surface area contributed by atoms with Crippen molar-refractivity contribution >= 4 is 17.0 Å². The van der Waals surface area contributed by atoms with Gasteiger partial charge in [0.05, 0.1) is 29.2 Å². The van der Waals surface area contributed by atoms with E-state index in [1.165, 1.54) is 12.4 Å². The van der Waals surface area contributed by atoms with Crippen LogP contribution in [0, 0.1) is 0 Å². The number of aliphatic hydroxyl groups excluding tert-OH is 1. The fourth-order valence-electron chi connectivity index (χ4n) is 3.26. The van der Waals surface area contributed by atoms with Gasteiger partial charge in [0.2, 0.25) is 5.95 Å². The third kappa shape index (κ3) is 3.64. The molecular weight excluding hydrogens is 373 g/mol. The first-order valence-corrected chi connectivity index (χ1v) is 9.14. The third-order valence-corrected chi connectivity index (χ3v) is 4.53. The van der Waals surface area contributed by atoms with E-state index in [1.54, 1.807) is 12.4 Å². The maximum Gasteiger partial charge on any atom is 0.206 e. The van der Waals surface area contributed by atoms with Crippen molar-refractivity contribution in [3.8, 4) is 11.4 Å². The van der Waals surface area contributed by atoms with Gasteiger partial charge < -0.3 is 9.67 Å². The Morgan fingerprint density at radius 3 is 2.72 bits per heavy atom. The molecule has 4 heterocycles. The van der Waals surface area contributed by atoms with Crippen molar-refractivity contribution in [3.63, 3.8) is 0 Å². The van der Waals surface area contributed by atoms with Crippen LogP contribution in [0.25, 0.3) is 28.4 Å². The lowest BCUT2D eigenvalue weighted by molar-refractivity contribution is 0.263. The monoisotopic (exact) mass is 393 g/mol. The number of imidazole rings is 1. The first kappa shape index (κ1) is 18.9. The molecule has 29 heavy (non-hydrogen) atoms. The number of hydrogen-bond donors (Lipinski definition) is 1. The third-order valence-electron chi connectivity index (χ3n) is 4.53. The molecule has 0 fully saturated rings. The van der Waals surface area contributed by atoms with Gasteiger partial charge >= 0.3 is 0 Å². The molecule has 0 saturated heterocycles. The Morgan fingerprint density at radius 2 is 2.03 bits per heavy atom. The summed E-state index contributed by atoms with van der Waals surface area (Å²) in [6.45, 7) is 7.18. The Kier molecular flexibility index (Phi) is 4.89. The Morgan fingerprint density at radius 1 is 1.21 bits per heavy atom. The first-order valence-electron chi connectivity index (χ1n) is 9.14. The SMILES string of the molecule is C=C(F)n1cc(-c2nccc(Cc3cc4c(cn3)nc(CO)n4C(C)C)n2)cn1. The summed E-state index contributed by atoms with van der Waals surface area (Å²) < 4.78 is 16.2. The molecule has 0 spiro atoms. The maximum absolute atomic E-state index is 13.2. The van der Waals surface area contributed by atoms with E-state index in [0.29, 0.717) is 23.6 Å². The topological polar surface area (TPSA) is 94.5 Å².